The number of amides is 1. The van der Waals surface area contributed by atoms with Gasteiger partial charge in [-0.3, -0.25) is 15.3 Å². The number of aryl methyl sites for hydroxylation is 1. The molecule has 0 saturated carbocycles. The van der Waals surface area contributed by atoms with Crippen LogP contribution in [0.25, 0.3) is 22.0 Å². The quantitative estimate of drug-likeness (QED) is 0.334. The van der Waals surface area contributed by atoms with Crippen LogP contribution in [0.1, 0.15) is 12.0 Å². The second kappa shape index (κ2) is 5.87. The van der Waals surface area contributed by atoms with Gasteiger partial charge in [-0.1, -0.05) is 30.3 Å². The molecule has 6 nitrogen and oxygen atoms in total. The number of anilines is 1. The number of nitrogen functional groups attached to an aromatic ring is 1. The van der Waals surface area contributed by atoms with Crippen molar-refractivity contribution < 1.29 is 4.79 Å². The molecule has 112 valence electrons. The minimum atomic E-state index is -0.167. The van der Waals surface area contributed by atoms with E-state index in [0.29, 0.717) is 18.7 Å². The van der Waals surface area contributed by atoms with E-state index >= 15 is 0 Å². The number of carbonyl (C=O) groups is 1. The molecule has 0 spiro atoms. The Hall–Kier alpha value is -2.86. The van der Waals surface area contributed by atoms with Gasteiger partial charge in [-0.25, -0.2) is 5.84 Å². The zero-order chi connectivity index (χ0) is 15.5. The van der Waals surface area contributed by atoms with Gasteiger partial charge in [-0.15, -0.1) is 0 Å². The summed E-state index contributed by atoms with van der Waals surface area (Å²) in [5.74, 6) is 5.43. The largest absolute Gasteiger partial charge is 0.382 e. The lowest BCUT2D eigenvalue weighted by molar-refractivity contribution is -0.121. The maximum atomic E-state index is 11.2. The number of fused-ring (bicyclic) bond motifs is 1. The van der Waals surface area contributed by atoms with Gasteiger partial charge in [0.25, 0.3) is 0 Å². The molecule has 3 rings (SSSR count). The first-order valence-electron chi connectivity index (χ1n) is 7.00. The number of aromatic nitrogens is 2. The lowest BCUT2D eigenvalue weighted by atomic mass is 10.00. The SMILES string of the molecule is NNC(=O)CCc1cccc(-c2ccc3c(N)n[nH]c3c2)c1. The minimum Gasteiger partial charge on any atom is -0.382 e. The number of rotatable bonds is 4. The van der Waals surface area contributed by atoms with Crippen LogP contribution in [0.4, 0.5) is 5.82 Å². The summed E-state index contributed by atoms with van der Waals surface area (Å²) < 4.78 is 0. The number of hydrogen-bond donors (Lipinski definition) is 4. The number of benzene rings is 2. The van der Waals surface area contributed by atoms with E-state index in [2.05, 4.69) is 21.7 Å². The van der Waals surface area contributed by atoms with E-state index in [9.17, 15) is 4.79 Å². The highest BCUT2D eigenvalue weighted by Crippen LogP contribution is 2.26. The van der Waals surface area contributed by atoms with E-state index in [4.69, 9.17) is 11.6 Å². The maximum Gasteiger partial charge on any atom is 0.234 e. The fraction of sp³-hybridized carbons (Fsp3) is 0.125. The predicted molar refractivity (Wildman–Crippen MR) is 86.6 cm³/mol. The first-order valence-corrected chi connectivity index (χ1v) is 7.00. The van der Waals surface area contributed by atoms with Crippen LogP contribution < -0.4 is 17.0 Å². The summed E-state index contributed by atoms with van der Waals surface area (Å²) in [7, 11) is 0. The van der Waals surface area contributed by atoms with E-state index in [1.807, 2.05) is 36.4 Å². The normalized spacial score (nSPS) is 10.8. The maximum absolute atomic E-state index is 11.2. The molecule has 22 heavy (non-hydrogen) atoms. The Morgan fingerprint density at radius 1 is 1.18 bits per heavy atom. The molecule has 0 radical (unpaired) electrons. The van der Waals surface area contributed by atoms with Gasteiger partial charge in [0.05, 0.1) is 5.52 Å². The summed E-state index contributed by atoms with van der Waals surface area (Å²) in [6, 6.07) is 14.1. The molecular formula is C16H17N5O. The van der Waals surface area contributed by atoms with E-state index in [1.165, 1.54) is 0 Å². The highest BCUT2D eigenvalue weighted by atomic mass is 16.2. The number of nitrogens with zero attached hydrogens (tertiary/aromatic N) is 1. The van der Waals surface area contributed by atoms with Gasteiger partial charge >= 0.3 is 0 Å². The Labute approximate surface area is 127 Å². The van der Waals surface area contributed by atoms with Crippen molar-refractivity contribution in [2.45, 2.75) is 12.8 Å². The standard InChI is InChI=1S/C16H17N5O/c17-16-13-6-5-12(9-14(13)20-21-16)11-3-1-2-10(8-11)4-7-15(22)19-18/h1-3,5-6,8-9H,4,7,18H2,(H,19,22)(H3,17,20,21). The summed E-state index contributed by atoms with van der Waals surface area (Å²) >= 11 is 0. The molecule has 0 saturated heterocycles. The predicted octanol–water partition coefficient (Wildman–Crippen LogP) is 1.73. The van der Waals surface area contributed by atoms with E-state index in [-0.39, 0.29) is 5.91 Å². The van der Waals surface area contributed by atoms with Gasteiger partial charge < -0.3 is 5.73 Å². The third-order valence-corrected chi connectivity index (χ3v) is 3.65. The van der Waals surface area contributed by atoms with Crippen LogP contribution in [0.5, 0.6) is 0 Å². The first kappa shape index (κ1) is 14.1. The highest BCUT2D eigenvalue weighted by molar-refractivity contribution is 5.91. The van der Waals surface area contributed by atoms with Crippen LogP contribution in [-0.2, 0) is 11.2 Å². The average Bonchev–Trinajstić information content (AvgIpc) is 2.93. The van der Waals surface area contributed by atoms with E-state index in [0.717, 1.165) is 27.6 Å². The van der Waals surface area contributed by atoms with Crippen molar-refractivity contribution in [3.05, 3.63) is 48.0 Å². The van der Waals surface area contributed by atoms with Crippen molar-refractivity contribution >= 4 is 22.6 Å². The summed E-state index contributed by atoms with van der Waals surface area (Å²) in [6.45, 7) is 0. The molecule has 0 atom stereocenters. The number of nitrogens with one attached hydrogen (secondary N) is 2. The average molecular weight is 295 g/mol. The van der Waals surface area contributed by atoms with Crippen LogP contribution in [0.3, 0.4) is 0 Å². The third-order valence-electron chi connectivity index (χ3n) is 3.65. The zero-order valence-electron chi connectivity index (χ0n) is 12.0. The molecule has 0 aliphatic rings. The molecule has 1 aromatic heterocycles. The Morgan fingerprint density at radius 3 is 2.82 bits per heavy atom. The molecule has 2 aromatic carbocycles. The van der Waals surface area contributed by atoms with Gasteiger partial charge in [-0.2, -0.15) is 5.10 Å². The van der Waals surface area contributed by atoms with Gasteiger partial charge in [-0.05, 0) is 35.2 Å². The molecule has 6 N–H and O–H groups in total. The van der Waals surface area contributed by atoms with Gasteiger partial charge in [0.1, 0.15) is 0 Å². The Kier molecular flexibility index (Phi) is 3.76. The fourth-order valence-corrected chi connectivity index (χ4v) is 2.46. The monoisotopic (exact) mass is 295 g/mol. The third kappa shape index (κ3) is 2.77. The topological polar surface area (TPSA) is 110 Å². The van der Waals surface area contributed by atoms with Crippen LogP contribution in [0, 0.1) is 0 Å². The van der Waals surface area contributed by atoms with E-state index in [1.54, 1.807) is 0 Å². The van der Waals surface area contributed by atoms with Crippen molar-refractivity contribution in [1.29, 1.82) is 0 Å². The second-order valence-corrected chi connectivity index (χ2v) is 5.14. The lowest BCUT2D eigenvalue weighted by Gasteiger charge is -2.06. The van der Waals surface area contributed by atoms with Crippen molar-refractivity contribution in [2.75, 3.05) is 5.73 Å². The van der Waals surface area contributed by atoms with E-state index < -0.39 is 0 Å². The van der Waals surface area contributed by atoms with Crippen LogP contribution in [0.2, 0.25) is 0 Å². The van der Waals surface area contributed by atoms with Gasteiger partial charge in [0, 0.05) is 11.8 Å². The van der Waals surface area contributed by atoms with Crippen LogP contribution in [0.15, 0.2) is 42.5 Å². The first-order chi connectivity index (χ1) is 10.7. The molecule has 0 unspecified atom stereocenters. The Balaban J connectivity index is 1.88. The van der Waals surface area contributed by atoms with Crippen molar-refractivity contribution in [2.24, 2.45) is 5.84 Å². The summed E-state index contributed by atoms with van der Waals surface area (Å²) in [4.78, 5) is 11.2. The number of aromatic amines is 1. The number of H-pyrrole nitrogens is 1. The fourth-order valence-electron chi connectivity index (χ4n) is 2.46. The molecule has 1 amide bonds. The molecule has 0 aliphatic heterocycles. The van der Waals surface area contributed by atoms with Crippen molar-refractivity contribution in [1.82, 2.24) is 15.6 Å². The molecule has 6 heteroatoms. The van der Waals surface area contributed by atoms with Crippen LogP contribution in [-0.4, -0.2) is 16.1 Å². The summed E-state index contributed by atoms with van der Waals surface area (Å²) in [5, 5.41) is 7.84. The Bertz CT molecular complexity index is 824. The molecule has 0 fully saturated rings. The molecular weight excluding hydrogens is 278 g/mol. The smallest absolute Gasteiger partial charge is 0.234 e. The number of carbonyl (C=O) groups excluding carboxylic acids is 1. The van der Waals surface area contributed by atoms with Crippen molar-refractivity contribution in [3.8, 4) is 11.1 Å². The molecule has 1 heterocycles. The van der Waals surface area contributed by atoms with Gasteiger partial charge in [0.2, 0.25) is 5.91 Å². The molecule has 3 aromatic rings. The number of hydrazine groups is 1. The number of hydrogen-bond acceptors (Lipinski definition) is 4. The Morgan fingerprint density at radius 2 is 2.00 bits per heavy atom. The lowest BCUT2D eigenvalue weighted by Crippen LogP contribution is -2.30. The summed E-state index contributed by atoms with van der Waals surface area (Å²) in [5.41, 5.74) is 12.1. The van der Waals surface area contributed by atoms with Gasteiger partial charge in [0.15, 0.2) is 5.82 Å². The molecule has 0 aliphatic carbocycles. The van der Waals surface area contributed by atoms with Crippen LogP contribution >= 0.6 is 0 Å². The second-order valence-electron chi connectivity index (χ2n) is 5.14. The summed E-state index contributed by atoms with van der Waals surface area (Å²) in [6.07, 6.45) is 1.02. The minimum absolute atomic E-state index is 0.167. The van der Waals surface area contributed by atoms with Crippen molar-refractivity contribution in [3.63, 3.8) is 0 Å². The highest BCUT2D eigenvalue weighted by Gasteiger charge is 2.06. The number of nitrogens with two attached hydrogens (primary N) is 2. The molecule has 0 bridgehead atoms. The zero-order valence-corrected chi connectivity index (χ0v) is 12.0.